The molecule has 1 aliphatic rings. The summed E-state index contributed by atoms with van der Waals surface area (Å²) in [5, 5.41) is 0.989. The number of aldehydes is 1. The molecule has 5 heteroatoms. The SMILES string of the molecule is Cc1nc(N2CCN(C)CC2)sc1C=O. The first-order valence-corrected chi connectivity index (χ1v) is 5.88. The molecule has 82 valence electrons. The summed E-state index contributed by atoms with van der Waals surface area (Å²) in [6, 6.07) is 0. The van der Waals surface area contributed by atoms with Crippen LogP contribution in [0.3, 0.4) is 0 Å². The van der Waals surface area contributed by atoms with Crippen LogP contribution in [-0.2, 0) is 0 Å². The molecule has 0 unspecified atom stereocenters. The maximum absolute atomic E-state index is 10.7. The molecule has 2 heterocycles. The van der Waals surface area contributed by atoms with E-state index in [1.54, 1.807) is 0 Å². The van der Waals surface area contributed by atoms with Gasteiger partial charge in [0, 0.05) is 26.2 Å². The number of carbonyl (C=O) groups excluding carboxylic acids is 1. The zero-order chi connectivity index (χ0) is 10.8. The molecule has 0 radical (unpaired) electrons. The van der Waals surface area contributed by atoms with Crippen molar-refractivity contribution in [2.45, 2.75) is 6.92 Å². The first-order chi connectivity index (χ1) is 7.20. The highest BCUT2D eigenvalue weighted by Crippen LogP contribution is 2.25. The van der Waals surface area contributed by atoms with Gasteiger partial charge in [0.2, 0.25) is 0 Å². The molecule has 1 aromatic rings. The number of rotatable bonds is 2. The minimum Gasteiger partial charge on any atom is -0.346 e. The standard InChI is InChI=1S/C10H15N3OS/c1-8-9(7-14)15-10(11-8)13-5-3-12(2)4-6-13/h7H,3-6H2,1-2H3. The van der Waals surface area contributed by atoms with Gasteiger partial charge in [0.05, 0.1) is 10.6 Å². The van der Waals surface area contributed by atoms with E-state index in [4.69, 9.17) is 0 Å². The molecular weight excluding hydrogens is 210 g/mol. The number of thiazole rings is 1. The minimum absolute atomic E-state index is 0.754. The summed E-state index contributed by atoms with van der Waals surface area (Å²) in [6.07, 6.45) is 0.895. The van der Waals surface area contributed by atoms with Crippen molar-refractivity contribution in [2.75, 3.05) is 38.1 Å². The van der Waals surface area contributed by atoms with Crippen LogP contribution in [0.1, 0.15) is 15.4 Å². The molecule has 0 bridgehead atoms. The molecule has 0 atom stereocenters. The van der Waals surface area contributed by atoms with E-state index in [1.807, 2.05) is 6.92 Å². The fourth-order valence-corrected chi connectivity index (χ4v) is 2.57. The van der Waals surface area contributed by atoms with Gasteiger partial charge in [-0.25, -0.2) is 4.98 Å². The van der Waals surface area contributed by atoms with E-state index < -0.39 is 0 Å². The summed E-state index contributed by atoms with van der Waals surface area (Å²) in [5.74, 6) is 0. The number of likely N-dealkylation sites (N-methyl/N-ethyl adjacent to an activating group) is 1. The molecule has 2 rings (SSSR count). The summed E-state index contributed by atoms with van der Waals surface area (Å²) < 4.78 is 0. The van der Waals surface area contributed by atoms with Gasteiger partial charge in [0.25, 0.3) is 0 Å². The first-order valence-electron chi connectivity index (χ1n) is 5.07. The molecule has 0 spiro atoms. The fraction of sp³-hybridized carbons (Fsp3) is 0.600. The Hall–Kier alpha value is -0.940. The van der Waals surface area contributed by atoms with Gasteiger partial charge in [-0.1, -0.05) is 11.3 Å². The smallest absolute Gasteiger partial charge is 0.186 e. The van der Waals surface area contributed by atoms with E-state index in [2.05, 4.69) is 21.8 Å². The molecule has 0 N–H and O–H groups in total. The zero-order valence-corrected chi connectivity index (χ0v) is 9.88. The summed E-state index contributed by atoms with van der Waals surface area (Å²) >= 11 is 1.50. The third-order valence-electron chi connectivity index (χ3n) is 2.70. The third kappa shape index (κ3) is 2.18. The molecule has 1 aromatic heterocycles. The number of hydrogen-bond acceptors (Lipinski definition) is 5. The number of hydrogen-bond donors (Lipinski definition) is 0. The van der Waals surface area contributed by atoms with Crippen molar-refractivity contribution in [3.8, 4) is 0 Å². The fourth-order valence-electron chi connectivity index (χ4n) is 1.64. The maximum Gasteiger partial charge on any atom is 0.186 e. The van der Waals surface area contributed by atoms with Crippen LogP contribution in [-0.4, -0.2) is 49.4 Å². The highest BCUT2D eigenvalue weighted by molar-refractivity contribution is 7.17. The number of anilines is 1. The lowest BCUT2D eigenvalue weighted by Crippen LogP contribution is -2.44. The van der Waals surface area contributed by atoms with E-state index in [-0.39, 0.29) is 0 Å². The summed E-state index contributed by atoms with van der Waals surface area (Å²) in [6.45, 7) is 6.02. The Balaban J connectivity index is 2.12. The number of carbonyl (C=O) groups is 1. The van der Waals surface area contributed by atoms with Crippen molar-refractivity contribution in [3.05, 3.63) is 10.6 Å². The van der Waals surface area contributed by atoms with Gasteiger partial charge < -0.3 is 9.80 Å². The molecule has 1 fully saturated rings. The molecule has 1 aliphatic heterocycles. The Labute approximate surface area is 93.5 Å². The second-order valence-corrected chi connectivity index (χ2v) is 4.86. The van der Waals surface area contributed by atoms with Crippen LogP contribution in [0.25, 0.3) is 0 Å². The van der Waals surface area contributed by atoms with Crippen molar-refractivity contribution in [2.24, 2.45) is 0 Å². The highest BCUT2D eigenvalue weighted by Gasteiger charge is 2.18. The highest BCUT2D eigenvalue weighted by atomic mass is 32.1. The molecule has 15 heavy (non-hydrogen) atoms. The lowest BCUT2D eigenvalue weighted by Gasteiger charge is -2.32. The van der Waals surface area contributed by atoms with Crippen LogP contribution in [0.15, 0.2) is 0 Å². The first kappa shape index (κ1) is 10.6. The Kier molecular flexibility index (Phi) is 3.02. The van der Waals surface area contributed by atoms with Crippen LogP contribution < -0.4 is 4.90 Å². The predicted octanol–water partition coefficient (Wildman–Crippen LogP) is 1.02. The van der Waals surface area contributed by atoms with Crippen LogP contribution in [0, 0.1) is 6.92 Å². The van der Waals surface area contributed by atoms with Gasteiger partial charge in [-0.15, -0.1) is 0 Å². The Morgan fingerprint density at radius 2 is 2.00 bits per heavy atom. The number of aryl methyl sites for hydroxylation is 1. The van der Waals surface area contributed by atoms with Crippen LogP contribution in [0.5, 0.6) is 0 Å². The van der Waals surface area contributed by atoms with Crippen molar-refractivity contribution in [1.29, 1.82) is 0 Å². The molecule has 4 nitrogen and oxygen atoms in total. The van der Waals surface area contributed by atoms with Crippen molar-refractivity contribution in [3.63, 3.8) is 0 Å². The van der Waals surface area contributed by atoms with Gasteiger partial charge in [-0.3, -0.25) is 4.79 Å². The maximum atomic E-state index is 10.7. The topological polar surface area (TPSA) is 36.4 Å². The van der Waals surface area contributed by atoms with E-state index in [0.29, 0.717) is 0 Å². The number of piperazine rings is 1. The van der Waals surface area contributed by atoms with Gasteiger partial charge in [0.15, 0.2) is 11.4 Å². The quantitative estimate of drug-likeness (QED) is 0.704. The van der Waals surface area contributed by atoms with E-state index >= 15 is 0 Å². The van der Waals surface area contributed by atoms with Crippen molar-refractivity contribution < 1.29 is 4.79 Å². The van der Waals surface area contributed by atoms with Gasteiger partial charge in [-0.05, 0) is 14.0 Å². The average molecular weight is 225 g/mol. The van der Waals surface area contributed by atoms with Crippen LogP contribution >= 0.6 is 11.3 Å². The monoisotopic (exact) mass is 225 g/mol. The van der Waals surface area contributed by atoms with Crippen LogP contribution in [0.4, 0.5) is 5.13 Å². The molecule has 0 aliphatic carbocycles. The lowest BCUT2D eigenvalue weighted by atomic mass is 10.3. The summed E-state index contributed by atoms with van der Waals surface area (Å²) in [5.41, 5.74) is 0.851. The zero-order valence-electron chi connectivity index (χ0n) is 9.06. The lowest BCUT2D eigenvalue weighted by molar-refractivity contribution is 0.112. The summed E-state index contributed by atoms with van der Waals surface area (Å²) in [4.78, 5) is 20.5. The van der Waals surface area contributed by atoms with Crippen molar-refractivity contribution >= 4 is 22.8 Å². The predicted molar refractivity (Wildman–Crippen MR) is 61.9 cm³/mol. The van der Waals surface area contributed by atoms with Crippen molar-refractivity contribution in [1.82, 2.24) is 9.88 Å². The third-order valence-corrected chi connectivity index (χ3v) is 3.85. The Morgan fingerprint density at radius 1 is 1.33 bits per heavy atom. The molecule has 0 aromatic carbocycles. The average Bonchev–Trinajstić information content (AvgIpc) is 2.61. The van der Waals surface area contributed by atoms with Crippen LogP contribution in [0.2, 0.25) is 0 Å². The van der Waals surface area contributed by atoms with E-state index in [9.17, 15) is 4.79 Å². The minimum atomic E-state index is 0.754. The molecule has 0 saturated carbocycles. The molecular formula is C10H15N3OS. The van der Waals surface area contributed by atoms with E-state index in [1.165, 1.54) is 11.3 Å². The summed E-state index contributed by atoms with van der Waals surface area (Å²) in [7, 11) is 2.13. The largest absolute Gasteiger partial charge is 0.346 e. The molecule has 0 amide bonds. The van der Waals surface area contributed by atoms with Gasteiger partial charge in [0.1, 0.15) is 0 Å². The van der Waals surface area contributed by atoms with E-state index in [0.717, 1.165) is 48.2 Å². The Morgan fingerprint density at radius 3 is 2.53 bits per heavy atom. The Bertz CT molecular complexity index is 356. The molecule has 1 saturated heterocycles. The second-order valence-electron chi connectivity index (χ2n) is 3.85. The number of aromatic nitrogens is 1. The van der Waals surface area contributed by atoms with Gasteiger partial charge in [-0.2, -0.15) is 0 Å². The number of nitrogens with zero attached hydrogens (tertiary/aromatic N) is 3. The second kappa shape index (κ2) is 4.28. The normalized spacial score (nSPS) is 18.1. The van der Waals surface area contributed by atoms with Gasteiger partial charge >= 0.3 is 0 Å².